The van der Waals surface area contributed by atoms with Gasteiger partial charge in [-0.05, 0) is 75.9 Å². The van der Waals surface area contributed by atoms with Crippen LogP contribution in [0.25, 0.3) is 10.6 Å². The first-order chi connectivity index (χ1) is 12.5. The molecule has 1 aromatic heterocycles. The van der Waals surface area contributed by atoms with Crippen LogP contribution in [0.5, 0.6) is 0 Å². The number of halogens is 2. The summed E-state index contributed by atoms with van der Waals surface area (Å²) in [5.74, 6) is 0.0894. The lowest BCUT2D eigenvalue weighted by atomic mass is 9.91. The molecule has 2 aliphatic rings. The van der Waals surface area contributed by atoms with E-state index in [0.717, 1.165) is 53.5 Å². The molecule has 2 fully saturated rings. The van der Waals surface area contributed by atoms with Gasteiger partial charge in [0.25, 0.3) is 0 Å². The Kier molecular flexibility index (Phi) is 5.89. The van der Waals surface area contributed by atoms with Crippen molar-refractivity contribution < 1.29 is 9.18 Å². The lowest BCUT2D eigenvalue weighted by molar-refractivity contribution is -0.123. The van der Waals surface area contributed by atoms with E-state index in [1.807, 2.05) is 13.8 Å². The van der Waals surface area contributed by atoms with Crippen LogP contribution in [0.1, 0.15) is 42.8 Å². The highest BCUT2D eigenvalue weighted by Crippen LogP contribution is 2.58. The Bertz CT molecular complexity index is 817. The predicted molar refractivity (Wildman–Crippen MR) is 109 cm³/mol. The molecule has 4 nitrogen and oxygen atoms in total. The number of aromatic nitrogens is 1. The minimum atomic E-state index is -0.251. The van der Waals surface area contributed by atoms with Gasteiger partial charge in [0.15, 0.2) is 0 Å². The third-order valence-corrected chi connectivity index (χ3v) is 7.17. The summed E-state index contributed by atoms with van der Waals surface area (Å²) in [7, 11) is 0. The van der Waals surface area contributed by atoms with E-state index < -0.39 is 0 Å². The van der Waals surface area contributed by atoms with Gasteiger partial charge >= 0.3 is 0 Å². The molecule has 0 radical (unpaired) electrons. The van der Waals surface area contributed by atoms with Gasteiger partial charge < -0.3 is 10.6 Å². The Morgan fingerprint density at radius 2 is 2.00 bits per heavy atom. The molecule has 0 bridgehead atoms. The van der Waals surface area contributed by atoms with Crippen molar-refractivity contribution in [1.29, 1.82) is 0 Å². The summed E-state index contributed by atoms with van der Waals surface area (Å²) < 4.78 is 13.1. The molecule has 1 saturated heterocycles. The lowest BCUT2D eigenvalue weighted by Gasteiger charge is -2.23. The zero-order valence-corrected chi connectivity index (χ0v) is 17.2. The van der Waals surface area contributed by atoms with E-state index in [4.69, 9.17) is 0 Å². The first-order valence-corrected chi connectivity index (χ1v) is 10.0. The predicted octanol–water partition coefficient (Wildman–Crippen LogP) is 4.25. The monoisotopic (exact) mass is 409 g/mol. The Morgan fingerprint density at radius 1 is 1.33 bits per heavy atom. The van der Waals surface area contributed by atoms with Crippen LogP contribution in [0.3, 0.4) is 0 Å². The summed E-state index contributed by atoms with van der Waals surface area (Å²) in [4.78, 5) is 18.4. The van der Waals surface area contributed by atoms with E-state index in [0.29, 0.717) is 0 Å². The third-order valence-electron chi connectivity index (χ3n) is 5.78. The summed E-state index contributed by atoms with van der Waals surface area (Å²) in [5.41, 5.74) is 2.08. The number of nitrogens with one attached hydrogen (secondary N) is 2. The number of hydrogen-bond acceptors (Lipinski definition) is 4. The number of carbonyl (C=O) groups is 1. The van der Waals surface area contributed by atoms with Gasteiger partial charge in [0.05, 0.1) is 16.6 Å². The first-order valence-electron chi connectivity index (χ1n) is 9.23. The smallest absolute Gasteiger partial charge is 0.224 e. The van der Waals surface area contributed by atoms with Crippen molar-refractivity contribution in [2.24, 2.45) is 11.3 Å². The number of hydrogen-bond donors (Lipinski definition) is 2. The molecule has 146 valence electrons. The summed E-state index contributed by atoms with van der Waals surface area (Å²) in [6, 6.07) is 6.32. The van der Waals surface area contributed by atoms with Gasteiger partial charge in [0.1, 0.15) is 10.8 Å². The number of benzene rings is 1. The largest absolute Gasteiger partial charge is 0.348 e. The van der Waals surface area contributed by atoms with Gasteiger partial charge in [0, 0.05) is 11.5 Å². The van der Waals surface area contributed by atoms with E-state index >= 15 is 0 Å². The lowest BCUT2D eigenvalue weighted by Crippen LogP contribution is -2.34. The number of nitrogens with zero attached hydrogens (tertiary/aromatic N) is 1. The molecule has 1 aliphatic heterocycles. The molecule has 1 aromatic carbocycles. The fourth-order valence-corrected chi connectivity index (χ4v) is 5.17. The fraction of sp³-hybridized carbons (Fsp3) is 0.500. The van der Waals surface area contributed by atoms with Crippen molar-refractivity contribution in [3.63, 3.8) is 0 Å². The van der Waals surface area contributed by atoms with Crippen molar-refractivity contribution in [3.05, 3.63) is 40.7 Å². The molecule has 1 spiro atoms. The zero-order valence-electron chi connectivity index (χ0n) is 15.5. The van der Waals surface area contributed by atoms with Crippen LogP contribution in [-0.2, 0) is 4.79 Å². The Morgan fingerprint density at radius 3 is 2.67 bits per heavy atom. The van der Waals surface area contributed by atoms with Gasteiger partial charge in [-0.2, -0.15) is 0 Å². The molecule has 7 heteroatoms. The van der Waals surface area contributed by atoms with Crippen molar-refractivity contribution in [1.82, 2.24) is 15.6 Å². The van der Waals surface area contributed by atoms with Gasteiger partial charge in [-0.3, -0.25) is 4.79 Å². The molecule has 2 aromatic rings. The van der Waals surface area contributed by atoms with Crippen LogP contribution in [0.4, 0.5) is 4.39 Å². The number of rotatable bonds is 4. The maximum atomic E-state index is 13.1. The molecule has 1 amide bonds. The minimum absolute atomic E-state index is 0. The number of aryl methyl sites for hydroxylation is 1. The van der Waals surface area contributed by atoms with Crippen LogP contribution < -0.4 is 10.6 Å². The van der Waals surface area contributed by atoms with Crippen molar-refractivity contribution in [2.75, 3.05) is 13.1 Å². The van der Waals surface area contributed by atoms with Crippen molar-refractivity contribution in [2.45, 2.75) is 39.2 Å². The van der Waals surface area contributed by atoms with E-state index in [9.17, 15) is 9.18 Å². The van der Waals surface area contributed by atoms with Gasteiger partial charge in [-0.15, -0.1) is 23.7 Å². The zero-order chi connectivity index (χ0) is 18.3. The topological polar surface area (TPSA) is 54.0 Å². The molecule has 1 aliphatic carbocycles. The van der Waals surface area contributed by atoms with E-state index in [1.165, 1.54) is 12.1 Å². The molecular weight excluding hydrogens is 385 g/mol. The van der Waals surface area contributed by atoms with Crippen LogP contribution >= 0.6 is 23.7 Å². The highest BCUT2D eigenvalue weighted by atomic mass is 35.5. The second kappa shape index (κ2) is 7.86. The minimum Gasteiger partial charge on any atom is -0.348 e. The van der Waals surface area contributed by atoms with Gasteiger partial charge in [0.2, 0.25) is 5.91 Å². The summed E-state index contributed by atoms with van der Waals surface area (Å²) in [6.45, 7) is 6.03. The first kappa shape index (κ1) is 20.2. The van der Waals surface area contributed by atoms with Crippen LogP contribution in [0.2, 0.25) is 0 Å². The molecule has 1 saturated carbocycles. The van der Waals surface area contributed by atoms with Crippen LogP contribution in [0, 0.1) is 24.1 Å². The maximum Gasteiger partial charge on any atom is 0.224 e. The molecule has 2 atom stereocenters. The number of amides is 1. The Hall–Kier alpha value is -1.50. The maximum absolute atomic E-state index is 13.1. The second-order valence-corrected chi connectivity index (χ2v) is 8.61. The number of piperidine rings is 1. The van der Waals surface area contributed by atoms with Crippen molar-refractivity contribution in [3.8, 4) is 10.6 Å². The summed E-state index contributed by atoms with van der Waals surface area (Å²) >= 11 is 1.57. The molecular formula is C20H25ClFN3OS. The van der Waals surface area contributed by atoms with E-state index in [1.54, 1.807) is 23.5 Å². The summed E-state index contributed by atoms with van der Waals surface area (Å²) in [5, 5.41) is 7.43. The van der Waals surface area contributed by atoms with Crippen LogP contribution in [0.15, 0.2) is 24.3 Å². The van der Waals surface area contributed by atoms with Gasteiger partial charge in [-0.25, -0.2) is 9.37 Å². The van der Waals surface area contributed by atoms with E-state index in [-0.39, 0.29) is 41.5 Å². The fourth-order valence-electron chi connectivity index (χ4n) is 4.10. The van der Waals surface area contributed by atoms with Crippen LogP contribution in [-0.4, -0.2) is 24.0 Å². The molecule has 27 heavy (non-hydrogen) atoms. The standard InChI is InChI=1S/C20H24FN3OS.ClH/c1-12(23-18(25)16-11-20(16)7-9-22-10-8-20)17-13(2)24-19(26-17)14-3-5-15(21)6-4-14;/h3-6,12,16,22H,7-11H2,1-2H3,(H,23,25);1H. The number of thiazole rings is 1. The summed E-state index contributed by atoms with van der Waals surface area (Å²) in [6.07, 6.45) is 3.23. The molecule has 2 N–H and O–H groups in total. The third kappa shape index (κ3) is 4.03. The molecule has 4 rings (SSSR count). The van der Waals surface area contributed by atoms with E-state index in [2.05, 4.69) is 15.6 Å². The Labute approximate surface area is 169 Å². The SMILES string of the molecule is Cc1nc(-c2ccc(F)cc2)sc1C(C)NC(=O)C1CC12CCNCC2.Cl. The second-order valence-electron chi connectivity index (χ2n) is 7.57. The normalized spacial score (nSPS) is 21.4. The quantitative estimate of drug-likeness (QED) is 0.793. The Balaban J connectivity index is 0.00000210. The highest BCUT2D eigenvalue weighted by Gasteiger charge is 2.57. The average molecular weight is 410 g/mol. The number of carbonyl (C=O) groups excluding carboxylic acids is 1. The average Bonchev–Trinajstić information content (AvgIpc) is 3.17. The van der Waals surface area contributed by atoms with Crippen molar-refractivity contribution >= 4 is 29.7 Å². The molecule has 2 heterocycles. The molecule has 2 unspecified atom stereocenters. The van der Waals surface area contributed by atoms with Gasteiger partial charge in [-0.1, -0.05) is 0 Å². The highest BCUT2D eigenvalue weighted by molar-refractivity contribution is 7.15.